The highest BCUT2D eigenvalue weighted by molar-refractivity contribution is 5.96. The lowest BCUT2D eigenvalue weighted by atomic mass is 10.1. The van der Waals surface area contributed by atoms with Gasteiger partial charge in [0.05, 0.1) is 5.69 Å². The SMILES string of the molecule is C=CC1CC(=O)N(c2ccc(-n3cccn3)cc2)C1. The maximum Gasteiger partial charge on any atom is 0.227 e. The Bertz CT molecular complexity index is 586. The highest BCUT2D eigenvalue weighted by Gasteiger charge is 2.28. The van der Waals surface area contributed by atoms with Gasteiger partial charge < -0.3 is 4.90 Å². The molecule has 1 saturated heterocycles. The van der Waals surface area contributed by atoms with E-state index in [1.807, 2.05) is 47.5 Å². The molecule has 1 aromatic heterocycles. The second kappa shape index (κ2) is 4.72. The van der Waals surface area contributed by atoms with E-state index in [1.54, 1.807) is 10.9 Å². The van der Waals surface area contributed by atoms with Crippen molar-refractivity contribution in [3.8, 4) is 5.69 Å². The van der Waals surface area contributed by atoms with Crippen LogP contribution in [0.4, 0.5) is 5.69 Å². The summed E-state index contributed by atoms with van der Waals surface area (Å²) in [7, 11) is 0. The summed E-state index contributed by atoms with van der Waals surface area (Å²) >= 11 is 0. The predicted molar refractivity (Wildman–Crippen MR) is 74.2 cm³/mol. The van der Waals surface area contributed by atoms with Gasteiger partial charge in [-0.1, -0.05) is 6.08 Å². The molecule has 1 aliphatic rings. The highest BCUT2D eigenvalue weighted by Crippen LogP contribution is 2.26. The Kier molecular flexibility index (Phi) is 2.91. The number of anilines is 1. The van der Waals surface area contributed by atoms with Gasteiger partial charge in [0, 0.05) is 37.0 Å². The number of aromatic nitrogens is 2. The summed E-state index contributed by atoms with van der Waals surface area (Å²) in [4.78, 5) is 13.7. The van der Waals surface area contributed by atoms with E-state index in [9.17, 15) is 4.79 Å². The summed E-state index contributed by atoms with van der Waals surface area (Å²) in [5.41, 5.74) is 1.92. The molecule has 0 bridgehead atoms. The number of hydrogen-bond acceptors (Lipinski definition) is 2. The molecule has 1 unspecified atom stereocenters. The standard InChI is InChI=1S/C15H15N3O/c1-2-12-10-15(19)17(11-12)13-4-6-14(7-5-13)18-9-3-8-16-18/h2-9,12H,1,10-11H2. The number of amides is 1. The fourth-order valence-corrected chi connectivity index (χ4v) is 2.35. The van der Waals surface area contributed by atoms with Crippen molar-refractivity contribution in [1.82, 2.24) is 9.78 Å². The average molecular weight is 253 g/mol. The summed E-state index contributed by atoms with van der Waals surface area (Å²) in [6.07, 6.45) is 6.05. The number of carbonyl (C=O) groups is 1. The van der Waals surface area contributed by atoms with Gasteiger partial charge in [-0.05, 0) is 30.3 Å². The summed E-state index contributed by atoms with van der Waals surface area (Å²) in [5.74, 6) is 0.426. The van der Waals surface area contributed by atoms with Crippen LogP contribution in [-0.4, -0.2) is 22.2 Å². The first-order valence-corrected chi connectivity index (χ1v) is 6.31. The van der Waals surface area contributed by atoms with Gasteiger partial charge in [-0.15, -0.1) is 6.58 Å². The first-order chi connectivity index (χ1) is 9.28. The van der Waals surface area contributed by atoms with Gasteiger partial charge in [0.1, 0.15) is 0 Å². The van der Waals surface area contributed by atoms with Crippen molar-refractivity contribution >= 4 is 11.6 Å². The van der Waals surface area contributed by atoms with E-state index in [4.69, 9.17) is 0 Å². The minimum atomic E-state index is 0.164. The lowest BCUT2D eigenvalue weighted by Crippen LogP contribution is -2.24. The number of hydrogen-bond donors (Lipinski definition) is 0. The summed E-state index contributed by atoms with van der Waals surface area (Å²) in [5, 5.41) is 4.18. The molecule has 2 heterocycles. The monoisotopic (exact) mass is 253 g/mol. The zero-order chi connectivity index (χ0) is 13.2. The van der Waals surface area contributed by atoms with E-state index in [-0.39, 0.29) is 11.8 Å². The quantitative estimate of drug-likeness (QED) is 0.788. The minimum Gasteiger partial charge on any atom is -0.312 e. The van der Waals surface area contributed by atoms with Crippen LogP contribution in [0.1, 0.15) is 6.42 Å². The molecule has 4 nitrogen and oxygen atoms in total. The van der Waals surface area contributed by atoms with Gasteiger partial charge in [0.25, 0.3) is 0 Å². The fraction of sp³-hybridized carbons (Fsp3) is 0.200. The third-order valence-electron chi connectivity index (χ3n) is 3.42. The molecule has 96 valence electrons. The number of rotatable bonds is 3. The normalized spacial score (nSPS) is 18.8. The minimum absolute atomic E-state index is 0.164. The van der Waals surface area contributed by atoms with Crippen LogP contribution in [0, 0.1) is 5.92 Å². The molecule has 19 heavy (non-hydrogen) atoms. The maximum atomic E-state index is 11.9. The lowest BCUT2D eigenvalue weighted by molar-refractivity contribution is -0.117. The molecule has 2 aromatic rings. The van der Waals surface area contributed by atoms with Crippen molar-refractivity contribution < 1.29 is 4.79 Å². The Labute approximate surface area is 112 Å². The first kappa shape index (κ1) is 11.7. The van der Waals surface area contributed by atoms with Crippen LogP contribution in [-0.2, 0) is 4.79 Å². The van der Waals surface area contributed by atoms with Crippen LogP contribution < -0.4 is 4.90 Å². The topological polar surface area (TPSA) is 38.1 Å². The molecule has 1 aromatic carbocycles. The smallest absolute Gasteiger partial charge is 0.227 e. The van der Waals surface area contributed by atoms with Crippen LogP contribution >= 0.6 is 0 Å². The zero-order valence-electron chi connectivity index (χ0n) is 10.6. The van der Waals surface area contributed by atoms with Crippen molar-refractivity contribution in [2.45, 2.75) is 6.42 Å². The fourth-order valence-electron chi connectivity index (χ4n) is 2.35. The molecule has 1 fully saturated rings. The number of carbonyl (C=O) groups excluding carboxylic acids is 1. The lowest BCUT2D eigenvalue weighted by Gasteiger charge is -2.16. The first-order valence-electron chi connectivity index (χ1n) is 6.31. The van der Waals surface area contributed by atoms with E-state index >= 15 is 0 Å². The molecule has 4 heteroatoms. The van der Waals surface area contributed by atoms with Gasteiger partial charge in [-0.2, -0.15) is 5.10 Å². The Morgan fingerprint density at radius 2 is 2.00 bits per heavy atom. The molecular weight excluding hydrogens is 238 g/mol. The van der Waals surface area contributed by atoms with Crippen molar-refractivity contribution in [2.75, 3.05) is 11.4 Å². The van der Waals surface area contributed by atoms with E-state index < -0.39 is 0 Å². The predicted octanol–water partition coefficient (Wildman–Crippen LogP) is 2.41. The molecule has 0 spiro atoms. The maximum absolute atomic E-state index is 11.9. The Hall–Kier alpha value is -2.36. The Balaban J connectivity index is 1.83. The third kappa shape index (κ3) is 2.17. The van der Waals surface area contributed by atoms with Crippen molar-refractivity contribution in [2.24, 2.45) is 5.92 Å². The van der Waals surface area contributed by atoms with Crippen LogP contribution in [0.25, 0.3) is 5.69 Å². The van der Waals surface area contributed by atoms with Crippen molar-refractivity contribution in [1.29, 1.82) is 0 Å². The molecule has 0 saturated carbocycles. The molecule has 3 rings (SSSR count). The average Bonchev–Trinajstić information content (AvgIpc) is 3.08. The van der Waals surface area contributed by atoms with Crippen molar-refractivity contribution in [3.63, 3.8) is 0 Å². The van der Waals surface area contributed by atoms with Crippen LogP contribution in [0.15, 0.2) is 55.4 Å². The van der Waals surface area contributed by atoms with Crippen LogP contribution in [0.2, 0.25) is 0 Å². The van der Waals surface area contributed by atoms with Crippen molar-refractivity contribution in [3.05, 3.63) is 55.4 Å². The number of nitrogens with zero attached hydrogens (tertiary/aromatic N) is 3. The summed E-state index contributed by atoms with van der Waals surface area (Å²) < 4.78 is 1.79. The second-order valence-corrected chi connectivity index (χ2v) is 4.67. The van der Waals surface area contributed by atoms with Gasteiger partial charge in [0.15, 0.2) is 0 Å². The van der Waals surface area contributed by atoms with Gasteiger partial charge in [-0.3, -0.25) is 4.79 Å². The van der Waals surface area contributed by atoms with E-state index in [2.05, 4.69) is 11.7 Å². The Morgan fingerprint density at radius 1 is 1.26 bits per heavy atom. The van der Waals surface area contributed by atoms with Crippen LogP contribution in [0.5, 0.6) is 0 Å². The molecule has 0 radical (unpaired) electrons. The third-order valence-corrected chi connectivity index (χ3v) is 3.42. The van der Waals surface area contributed by atoms with E-state index in [1.165, 1.54) is 0 Å². The summed E-state index contributed by atoms with van der Waals surface area (Å²) in [6, 6.07) is 9.74. The van der Waals surface area contributed by atoms with Gasteiger partial charge >= 0.3 is 0 Å². The molecular formula is C15H15N3O. The Morgan fingerprint density at radius 3 is 2.58 bits per heavy atom. The van der Waals surface area contributed by atoms with E-state index in [0.29, 0.717) is 6.42 Å². The molecule has 0 N–H and O–H groups in total. The number of benzene rings is 1. The largest absolute Gasteiger partial charge is 0.312 e. The van der Waals surface area contributed by atoms with Gasteiger partial charge in [0.2, 0.25) is 5.91 Å². The van der Waals surface area contributed by atoms with E-state index in [0.717, 1.165) is 17.9 Å². The molecule has 0 aliphatic carbocycles. The molecule has 1 amide bonds. The second-order valence-electron chi connectivity index (χ2n) is 4.67. The van der Waals surface area contributed by atoms with Gasteiger partial charge in [-0.25, -0.2) is 4.68 Å². The summed E-state index contributed by atoms with van der Waals surface area (Å²) in [6.45, 7) is 4.49. The molecule has 1 atom stereocenters. The molecule has 1 aliphatic heterocycles. The van der Waals surface area contributed by atoms with Crippen LogP contribution in [0.3, 0.4) is 0 Å². The highest BCUT2D eigenvalue weighted by atomic mass is 16.2. The zero-order valence-corrected chi connectivity index (χ0v) is 10.6.